The number of carbonyl (C=O) groups excluding carboxylic acids is 1. The molecule has 0 atom stereocenters. The molecule has 200 valence electrons. The van der Waals surface area contributed by atoms with E-state index in [-0.39, 0.29) is 5.97 Å². The molecule has 4 N–H and O–H groups in total. The summed E-state index contributed by atoms with van der Waals surface area (Å²) >= 11 is 0. The standard InChI is InChI=1S/C29H47N5O2/c1-3-5-6-7-8-9-10-11-12-13-14-15-16-17-22-31-27-26(30)28(33-23-32-27)34-25-20-18-24(19-21-25)29(35)36-4-2/h18-21,23H,3-17,22,30H2,1-2H3,(H2,31,32,33,34). The Balaban J connectivity index is 1.58. The maximum absolute atomic E-state index is 11.8. The van der Waals surface area contributed by atoms with Gasteiger partial charge in [0.1, 0.15) is 12.0 Å². The fraction of sp³-hybridized carbons (Fsp3) is 0.621. The van der Waals surface area contributed by atoms with Gasteiger partial charge in [0.05, 0.1) is 12.2 Å². The average molecular weight is 498 g/mol. The fourth-order valence-corrected chi connectivity index (χ4v) is 4.20. The Kier molecular flexibility index (Phi) is 15.1. The van der Waals surface area contributed by atoms with Crippen molar-refractivity contribution in [3.8, 4) is 0 Å². The maximum atomic E-state index is 11.8. The van der Waals surface area contributed by atoms with Gasteiger partial charge in [0.25, 0.3) is 0 Å². The first-order chi connectivity index (χ1) is 17.7. The first kappa shape index (κ1) is 29.4. The lowest BCUT2D eigenvalue weighted by atomic mass is 10.0. The number of unbranched alkanes of at least 4 members (excludes halogenated alkanes) is 13. The number of nitrogen functional groups attached to an aromatic ring is 1. The van der Waals surface area contributed by atoms with Crippen LogP contribution in [0.4, 0.5) is 23.0 Å². The number of benzene rings is 1. The largest absolute Gasteiger partial charge is 0.462 e. The van der Waals surface area contributed by atoms with Crippen molar-refractivity contribution in [3.05, 3.63) is 36.2 Å². The van der Waals surface area contributed by atoms with E-state index in [9.17, 15) is 4.79 Å². The number of nitrogens with zero attached hydrogens (tertiary/aromatic N) is 2. The molecule has 7 nitrogen and oxygen atoms in total. The van der Waals surface area contributed by atoms with E-state index in [2.05, 4.69) is 27.5 Å². The highest BCUT2D eigenvalue weighted by Crippen LogP contribution is 2.26. The summed E-state index contributed by atoms with van der Waals surface area (Å²) in [5.74, 6) is 0.850. The van der Waals surface area contributed by atoms with Crippen molar-refractivity contribution in [2.45, 2.75) is 104 Å². The molecule has 0 aliphatic heterocycles. The lowest BCUT2D eigenvalue weighted by Crippen LogP contribution is -2.09. The SMILES string of the molecule is CCCCCCCCCCCCCCCCNc1ncnc(Nc2ccc(C(=O)OCC)cc2)c1N. The smallest absolute Gasteiger partial charge is 0.338 e. The van der Waals surface area contributed by atoms with Crippen LogP contribution >= 0.6 is 0 Å². The Hall–Kier alpha value is -2.83. The van der Waals surface area contributed by atoms with Crippen LogP contribution < -0.4 is 16.4 Å². The predicted molar refractivity (Wildman–Crippen MR) is 151 cm³/mol. The van der Waals surface area contributed by atoms with Crippen LogP contribution in [0.2, 0.25) is 0 Å². The molecule has 0 radical (unpaired) electrons. The summed E-state index contributed by atoms with van der Waals surface area (Å²) < 4.78 is 5.02. The summed E-state index contributed by atoms with van der Waals surface area (Å²) in [7, 11) is 0. The molecule has 2 rings (SSSR count). The second-order valence-corrected chi connectivity index (χ2v) is 9.43. The van der Waals surface area contributed by atoms with Crippen molar-refractivity contribution in [3.63, 3.8) is 0 Å². The van der Waals surface area contributed by atoms with Gasteiger partial charge in [0, 0.05) is 12.2 Å². The van der Waals surface area contributed by atoms with Crippen molar-refractivity contribution in [2.75, 3.05) is 29.5 Å². The van der Waals surface area contributed by atoms with E-state index in [0.29, 0.717) is 29.5 Å². The zero-order valence-electron chi connectivity index (χ0n) is 22.5. The monoisotopic (exact) mass is 497 g/mol. The molecule has 7 heteroatoms. The van der Waals surface area contributed by atoms with E-state index in [1.165, 1.54) is 89.8 Å². The Morgan fingerprint density at radius 2 is 1.31 bits per heavy atom. The Labute approximate surface area is 218 Å². The summed E-state index contributed by atoms with van der Waals surface area (Å²) in [5.41, 5.74) is 8.06. The molecular weight excluding hydrogens is 450 g/mol. The summed E-state index contributed by atoms with van der Waals surface area (Å²) in [6, 6.07) is 7.03. The minimum atomic E-state index is -0.333. The van der Waals surface area contributed by atoms with Gasteiger partial charge in [0.15, 0.2) is 11.6 Å². The first-order valence-corrected chi connectivity index (χ1v) is 14.0. The van der Waals surface area contributed by atoms with Gasteiger partial charge in [0.2, 0.25) is 0 Å². The number of anilines is 4. The van der Waals surface area contributed by atoms with Gasteiger partial charge in [-0.3, -0.25) is 0 Å². The summed E-state index contributed by atoms with van der Waals surface area (Å²) in [6.45, 7) is 5.26. The van der Waals surface area contributed by atoms with Crippen LogP contribution in [-0.2, 0) is 4.74 Å². The Morgan fingerprint density at radius 3 is 1.86 bits per heavy atom. The Morgan fingerprint density at radius 1 is 0.778 bits per heavy atom. The van der Waals surface area contributed by atoms with E-state index in [4.69, 9.17) is 10.5 Å². The molecule has 0 bridgehead atoms. The van der Waals surface area contributed by atoms with Crippen molar-refractivity contribution in [1.29, 1.82) is 0 Å². The van der Waals surface area contributed by atoms with E-state index >= 15 is 0 Å². The summed E-state index contributed by atoms with van der Waals surface area (Å²) in [5, 5.41) is 6.54. The number of nitrogens with two attached hydrogens (primary N) is 1. The quantitative estimate of drug-likeness (QED) is 0.126. The number of aromatic nitrogens is 2. The Bertz CT molecular complexity index is 857. The average Bonchev–Trinajstić information content (AvgIpc) is 2.89. The number of nitrogens with one attached hydrogen (secondary N) is 2. The number of hydrogen-bond acceptors (Lipinski definition) is 7. The van der Waals surface area contributed by atoms with Gasteiger partial charge in [-0.05, 0) is 37.6 Å². The summed E-state index contributed by atoms with van der Waals surface area (Å²) in [4.78, 5) is 20.4. The van der Waals surface area contributed by atoms with Gasteiger partial charge in [-0.15, -0.1) is 0 Å². The van der Waals surface area contributed by atoms with Crippen LogP contribution in [0.1, 0.15) is 114 Å². The maximum Gasteiger partial charge on any atom is 0.338 e. The molecule has 0 saturated heterocycles. The molecule has 0 spiro atoms. The van der Waals surface area contributed by atoms with Crippen molar-refractivity contribution < 1.29 is 9.53 Å². The zero-order chi connectivity index (χ0) is 25.8. The third-order valence-corrected chi connectivity index (χ3v) is 6.37. The van der Waals surface area contributed by atoms with Crippen molar-refractivity contribution >= 4 is 29.0 Å². The number of esters is 1. The van der Waals surface area contributed by atoms with Gasteiger partial charge in [-0.2, -0.15) is 0 Å². The third-order valence-electron chi connectivity index (χ3n) is 6.37. The number of hydrogen-bond donors (Lipinski definition) is 3. The van der Waals surface area contributed by atoms with E-state index in [1.807, 2.05) is 0 Å². The van der Waals surface area contributed by atoms with Crippen molar-refractivity contribution in [2.24, 2.45) is 0 Å². The normalized spacial score (nSPS) is 10.8. The van der Waals surface area contributed by atoms with Gasteiger partial charge < -0.3 is 21.1 Å². The molecule has 0 aliphatic carbocycles. The molecule has 0 fully saturated rings. The minimum Gasteiger partial charge on any atom is -0.462 e. The van der Waals surface area contributed by atoms with Gasteiger partial charge in [-0.1, -0.05) is 90.4 Å². The molecule has 1 heterocycles. The lowest BCUT2D eigenvalue weighted by molar-refractivity contribution is 0.0526. The first-order valence-electron chi connectivity index (χ1n) is 14.0. The zero-order valence-corrected chi connectivity index (χ0v) is 22.5. The molecule has 2 aromatic rings. The fourth-order valence-electron chi connectivity index (χ4n) is 4.20. The van der Waals surface area contributed by atoms with Crippen molar-refractivity contribution in [1.82, 2.24) is 9.97 Å². The van der Waals surface area contributed by atoms with E-state index in [1.54, 1.807) is 31.2 Å². The van der Waals surface area contributed by atoms with Crippen LogP contribution in [0.15, 0.2) is 30.6 Å². The highest BCUT2D eigenvalue weighted by atomic mass is 16.5. The number of rotatable bonds is 20. The molecule has 1 aromatic heterocycles. The second-order valence-electron chi connectivity index (χ2n) is 9.43. The minimum absolute atomic E-state index is 0.333. The highest BCUT2D eigenvalue weighted by molar-refractivity contribution is 5.90. The van der Waals surface area contributed by atoms with Crippen LogP contribution in [0.5, 0.6) is 0 Å². The lowest BCUT2D eigenvalue weighted by Gasteiger charge is -2.13. The third kappa shape index (κ3) is 11.7. The van der Waals surface area contributed by atoms with Crippen LogP contribution in [-0.4, -0.2) is 29.1 Å². The predicted octanol–water partition coefficient (Wildman–Crippen LogP) is 7.87. The molecule has 0 saturated carbocycles. The molecule has 36 heavy (non-hydrogen) atoms. The van der Waals surface area contributed by atoms with E-state index in [0.717, 1.165) is 18.7 Å². The van der Waals surface area contributed by atoms with Crippen LogP contribution in [0, 0.1) is 0 Å². The van der Waals surface area contributed by atoms with Crippen LogP contribution in [0.25, 0.3) is 0 Å². The molecule has 0 unspecified atom stereocenters. The highest BCUT2D eigenvalue weighted by Gasteiger charge is 2.10. The number of ether oxygens (including phenoxy) is 1. The van der Waals surface area contributed by atoms with Gasteiger partial charge >= 0.3 is 5.97 Å². The van der Waals surface area contributed by atoms with Gasteiger partial charge in [-0.25, -0.2) is 14.8 Å². The van der Waals surface area contributed by atoms with Crippen LogP contribution in [0.3, 0.4) is 0 Å². The molecular formula is C29H47N5O2. The second kappa shape index (κ2) is 18.4. The summed E-state index contributed by atoms with van der Waals surface area (Å²) in [6.07, 6.45) is 20.4. The number of carbonyl (C=O) groups is 1. The van der Waals surface area contributed by atoms with E-state index < -0.39 is 0 Å². The molecule has 1 aromatic carbocycles. The topological polar surface area (TPSA) is 102 Å². The molecule has 0 amide bonds. The molecule has 0 aliphatic rings.